The lowest BCUT2D eigenvalue weighted by Crippen LogP contribution is -2.32. The second-order valence-electron chi connectivity index (χ2n) is 4.17. The van der Waals surface area contributed by atoms with Gasteiger partial charge in [-0.05, 0) is 41.4 Å². The van der Waals surface area contributed by atoms with Crippen molar-refractivity contribution >= 4 is 17.2 Å². The summed E-state index contributed by atoms with van der Waals surface area (Å²) in [6.07, 6.45) is -0.764. The highest BCUT2D eigenvalue weighted by atomic mass is 32.1. The van der Waals surface area contributed by atoms with Crippen molar-refractivity contribution in [1.82, 2.24) is 10.3 Å². The topological polar surface area (TPSA) is 82.2 Å². The Labute approximate surface area is 113 Å². The first-order valence-electron chi connectivity index (χ1n) is 5.76. The molecule has 6 heteroatoms. The number of aromatic nitrogens is 1. The molecule has 0 aliphatic rings. The van der Waals surface area contributed by atoms with Crippen molar-refractivity contribution in [2.24, 2.45) is 0 Å². The lowest BCUT2D eigenvalue weighted by Gasteiger charge is -2.10. The summed E-state index contributed by atoms with van der Waals surface area (Å²) in [7, 11) is 0. The number of aromatic amines is 1. The fraction of sp³-hybridized carbons (Fsp3) is 0.231. The Morgan fingerprint density at radius 3 is 2.89 bits per heavy atom. The maximum atomic E-state index is 11.8. The zero-order chi connectivity index (χ0) is 13.8. The summed E-state index contributed by atoms with van der Waals surface area (Å²) in [5, 5.41) is 16.0. The fourth-order valence-electron chi connectivity index (χ4n) is 1.62. The molecule has 1 amide bonds. The van der Waals surface area contributed by atoms with Gasteiger partial charge < -0.3 is 15.4 Å². The minimum atomic E-state index is -0.764. The van der Waals surface area contributed by atoms with Gasteiger partial charge in [0.25, 0.3) is 11.5 Å². The van der Waals surface area contributed by atoms with Gasteiger partial charge in [0.2, 0.25) is 0 Å². The minimum Gasteiger partial charge on any atom is -0.387 e. The zero-order valence-electron chi connectivity index (χ0n) is 10.3. The molecule has 2 aromatic rings. The average molecular weight is 278 g/mol. The van der Waals surface area contributed by atoms with Crippen LogP contribution < -0.4 is 10.9 Å². The summed E-state index contributed by atoms with van der Waals surface area (Å²) in [5.41, 5.74) is 1.06. The Kier molecular flexibility index (Phi) is 4.13. The van der Waals surface area contributed by atoms with Gasteiger partial charge in [-0.25, -0.2) is 0 Å². The Bertz CT molecular complexity index is 619. The Morgan fingerprint density at radius 2 is 2.26 bits per heavy atom. The number of hydrogen-bond donors (Lipinski definition) is 3. The monoisotopic (exact) mass is 278 g/mol. The van der Waals surface area contributed by atoms with Crippen LogP contribution in [-0.2, 0) is 0 Å². The average Bonchev–Trinajstić information content (AvgIpc) is 2.89. The van der Waals surface area contributed by atoms with E-state index in [4.69, 9.17) is 0 Å². The number of aliphatic hydroxyl groups is 1. The van der Waals surface area contributed by atoms with E-state index < -0.39 is 17.6 Å². The number of aryl methyl sites for hydroxylation is 1. The van der Waals surface area contributed by atoms with Gasteiger partial charge in [0.05, 0.1) is 6.10 Å². The molecule has 5 nitrogen and oxygen atoms in total. The third-order valence-electron chi connectivity index (χ3n) is 2.68. The Morgan fingerprint density at radius 1 is 1.47 bits per heavy atom. The van der Waals surface area contributed by atoms with Crippen LogP contribution >= 0.6 is 11.3 Å². The third-order valence-corrected chi connectivity index (χ3v) is 3.39. The molecule has 0 bridgehead atoms. The summed E-state index contributed by atoms with van der Waals surface area (Å²) in [6, 6.07) is 4.92. The van der Waals surface area contributed by atoms with E-state index in [9.17, 15) is 14.7 Å². The number of hydrogen-bond acceptors (Lipinski definition) is 4. The number of pyridine rings is 1. The second-order valence-corrected chi connectivity index (χ2v) is 4.95. The molecular weight excluding hydrogens is 264 g/mol. The fourth-order valence-corrected chi connectivity index (χ4v) is 2.33. The van der Waals surface area contributed by atoms with E-state index >= 15 is 0 Å². The molecule has 2 heterocycles. The van der Waals surface area contributed by atoms with Crippen LogP contribution in [0.25, 0.3) is 0 Å². The van der Waals surface area contributed by atoms with Crippen LogP contribution in [0.2, 0.25) is 0 Å². The zero-order valence-corrected chi connectivity index (χ0v) is 11.2. The summed E-state index contributed by atoms with van der Waals surface area (Å²) in [6.45, 7) is 1.81. The van der Waals surface area contributed by atoms with E-state index in [0.29, 0.717) is 5.69 Å². The number of amides is 1. The summed E-state index contributed by atoms with van der Waals surface area (Å²) < 4.78 is 0. The molecule has 0 saturated heterocycles. The van der Waals surface area contributed by atoms with Crippen LogP contribution in [-0.4, -0.2) is 22.5 Å². The molecule has 0 aromatic carbocycles. The molecule has 100 valence electrons. The molecule has 2 aromatic heterocycles. The highest BCUT2D eigenvalue weighted by Gasteiger charge is 2.13. The number of H-pyrrole nitrogens is 1. The Balaban J connectivity index is 2.00. The summed E-state index contributed by atoms with van der Waals surface area (Å²) >= 11 is 1.47. The number of rotatable bonds is 4. The van der Waals surface area contributed by atoms with Crippen LogP contribution in [0.3, 0.4) is 0 Å². The lowest BCUT2D eigenvalue weighted by atomic mass is 10.2. The maximum absolute atomic E-state index is 11.8. The lowest BCUT2D eigenvalue weighted by molar-refractivity contribution is 0.0915. The van der Waals surface area contributed by atoms with E-state index in [1.165, 1.54) is 17.4 Å². The van der Waals surface area contributed by atoms with Crippen molar-refractivity contribution in [3.05, 3.63) is 56.1 Å². The predicted octanol–water partition coefficient (Wildman–Crippen LogP) is 1.21. The van der Waals surface area contributed by atoms with Gasteiger partial charge in [-0.3, -0.25) is 9.59 Å². The van der Waals surface area contributed by atoms with Crippen LogP contribution in [0.4, 0.5) is 0 Å². The van der Waals surface area contributed by atoms with E-state index in [-0.39, 0.29) is 12.1 Å². The largest absolute Gasteiger partial charge is 0.387 e. The van der Waals surface area contributed by atoms with Crippen LogP contribution in [0.5, 0.6) is 0 Å². The van der Waals surface area contributed by atoms with Crippen LogP contribution in [0.1, 0.15) is 27.7 Å². The molecular formula is C13H14N2O3S. The SMILES string of the molecule is Cc1ccc(C(=O)NCC(O)c2ccsc2)c(=O)[nH]1. The van der Waals surface area contributed by atoms with Gasteiger partial charge in [0.1, 0.15) is 5.56 Å². The number of carbonyl (C=O) groups is 1. The normalized spacial score (nSPS) is 12.1. The molecule has 19 heavy (non-hydrogen) atoms. The maximum Gasteiger partial charge on any atom is 0.260 e. The Hall–Kier alpha value is -1.92. The van der Waals surface area contributed by atoms with Crippen LogP contribution in [0.15, 0.2) is 33.8 Å². The molecule has 1 atom stereocenters. The molecule has 2 rings (SSSR count). The number of aliphatic hydroxyl groups excluding tert-OH is 1. The summed E-state index contributed by atoms with van der Waals surface area (Å²) in [5.74, 6) is -0.490. The molecule has 0 aliphatic carbocycles. The van der Waals surface area contributed by atoms with Crippen molar-refractivity contribution < 1.29 is 9.90 Å². The van der Waals surface area contributed by atoms with Crippen molar-refractivity contribution in [2.75, 3.05) is 6.54 Å². The first-order valence-corrected chi connectivity index (χ1v) is 6.70. The molecule has 0 aliphatic heterocycles. The first kappa shape index (κ1) is 13.5. The predicted molar refractivity (Wildman–Crippen MR) is 73.4 cm³/mol. The van der Waals surface area contributed by atoms with Gasteiger partial charge in [0, 0.05) is 12.2 Å². The molecule has 1 unspecified atom stereocenters. The van der Waals surface area contributed by atoms with Crippen molar-refractivity contribution in [3.63, 3.8) is 0 Å². The van der Waals surface area contributed by atoms with Gasteiger partial charge in [-0.1, -0.05) is 0 Å². The first-order chi connectivity index (χ1) is 9.08. The highest BCUT2D eigenvalue weighted by molar-refractivity contribution is 7.07. The quantitative estimate of drug-likeness (QED) is 0.786. The van der Waals surface area contributed by atoms with Crippen molar-refractivity contribution in [3.8, 4) is 0 Å². The van der Waals surface area contributed by atoms with Crippen molar-refractivity contribution in [2.45, 2.75) is 13.0 Å². The summed E-state index contributed by atoms with van der Waals surface area (Å²) in [4.78, 5) is 25.9. The van der Waals surface area contributed by atoms with Gasteiger partial charge in [-0.15, -0.1) is 0 Å². The smallest absolute Gasteiger partial charge is 0.260 e. The van der Waals surface area contributed by atoms with E-state index in [1.54, 1.807) is 19.1 Å². The van der Waals surface area contributed by atoms with E-state index in [0.717, 1.165) is 5.56 Å². The number of nitrogens with one attached hydrogen (secondary N) is 2. The highest BCUT2D eigenvalue weighted by Crippen LogP contribution is 2.15. The van der Waals surface area contributed by atoms with Crippen molar-refractivity contribution in [1.29, 1.82) is 0 Å². The standard InChI is InChI=1S/C13H14N2O3S/c1-8-2-3-10(13(18)15-8)12(17)14-6-11(16)9-4-5-19-7-9/h2-5,7,11,16H,6H2,1H3,(H,14,17)(H,15,18). The second kappa shape index (κ2) is 5.81. The molecule has 0 radical (unpaired) electrons. The molecule has 0 saturated carbocycles. The third kappa shape index (κ3) is 3.30. The van der Waals surface area contributed by atoms with E-state index in [1.807, 2.05) is 10.8 Å². The van der Waals surface area contributed by atoms with Crippen LogP contribution in [0, 0.1) is 6.92 Å². The minimum absolute atomic E-state index is 0.0446. The molecule has 0 spiro atoms. The van der Waals surface area contributed by atoms with E-state index in [2.05, 4.69) is 10.3 Å². The number of carbonyl (C=O) groups excluding carboxylic acids is 1. The van der Waals surface area contributed by atoms with Gasteiger partial charge >= 0.3 is 0 Å². The van der Waals surface area contributed by atoms with Gasteiger partial charge in [-0.2, -0.15) is 11.3 Å². The number of thiophene rings is 1. The molecule has 3 N–H and O–H groups in total. The molecule has 0 fully saturated rings. The van der Waals surface area contributed by atoms with Gasteiger partial charge in [0.15, 0.2) is 0 Å².